The van der Waals surface area contributed by atoms with Gasteiger partial charge in [-0.3, -0.25) is 0 Å². The molecular formula is C11H12FN3O. The molecule has 0 atom stereocenters. The van der Waals surface area contributed by atoms with Crippen molar-refractivity contribution in [2.24, 2.45) is 0 Å². The number of rotatable bonds is 2. The van der Waals surface area contributed by atoms with Crippen LogP contribution in [0.25, 0.3) is 5.69 Å². The molecule has 0 unspecified atom stereocenters. The third-order valence-corrected chi connectivity index (χ3v) is 2.24. The van der Waals surface area contributed by atoms with Crippen molar-refractivity contribution in [1.82, 2.24) is 14.8 Å². The van der Waals surface area contributed by atoms with Crippen molar-refractivity contribution < 1.29 is 9.50 Å². The Hall–Kier alpha value is -1.75. The fourth-order valence-electron chi connectivity index (χ4n) is 1.61. The van der Waals surface area contributed by atoms with Crippen LogP contribution in [0.1, 0.15) is 17.2 Å². The number of benzene rings is 1. The number of halogens is 1. The van der Waals surface area contributed by atoms with E-state index >= 15 is 0 Å². The topological polar surface area (TPSA) is 50.9 Å². The highest BCUT2D eigenvalue weighted by Crippen LogP contribution is 2.14. The lowest BCUT2D eigenvalue weighted by molar-refractivity contribution is 0.281. The van der Waals surface area contributed by atoms with Gasteiger partial charge < -0.3 is 5.11 Å². The maximum atomic E-state index is 13.3. The predicted octanol–water partition coefficient (Wildman–Crippen LogP) is 1.52. The molecule has 0 saturated heterocycles. The second kappa shape index (κ2) is 4.02. The Morgan fingerprint density at radius 2 is 2.06 bits per heavy atom. The van der Waals surface area contributed by atoms with Crippen LogP contribution in [0.15, 0.2) is 18.2 Å². The van der Waals surface area contributed by atoms with Crippen LogP contribution < -0.4 is 0 Å². The highest BCUT2D eigenvalue weighted by atomic mass is 19.1. The minimum Gasteiger partial charge on any atom is -0.392 e. The van der Waals surface area contributed by atoms with Crippen LogP contribution in [0.3, 0.4) is 0 Å². The van der Waals surface area contributed by atoms with Crippen molar-refractivity contribution in [3.63, 3.8) is 0 Å². The molecule has 5 heteroatoms. The standard InChI is InChI=1S/C11H12FN3O/c1-7-13-8(2)15(14-7)11-4-9(6-16)3-10(12)5-11/h3-5,16H,6H2,1-2H3. The summed E-state index contributed by atoms with van der Waals surface area (Å²) in [5.74, 6) is 0.924. The Balaban J connectivity index is 2.55. The lowest BCUT2D eigenvalue weighted by Gasteiger charge is -2.05. The summed E-state index contributed by atoms with van der Waals surface area (Å²) in [5, 5.41) is 13.2. The maximum Gasteiger partial charge on any atom is 0.148 e. The SMILES string of the molecule is Cc1nc(C)n(-c2cc(F)cc(CO)c2)n1. The molecule has 0 aliphatic carbocycles. The fraction of sp³-hybridized carbons (Fsp3) is 0.273. The first kappa shape index (κ1) is 10.8. The Kier molecular flexibility index (Phi) is 2.70. The molecule has 0 spiro atoms. The van der Waals surface area contributed by atoms with Crippen molar-refractivity contribution in [2.45, 2.75) is 20.5 Å². The molecule has 0 radical (unpaired) electrons. The summed E-state index contributed by atoms with van der Waals surface area (Å²) < 4.78 is 14.8. The minimum absolute atomic E-state index is 0.197. The monoisotopic (exact) mass is 221 g/mol. The average Bonchev–Trinajstić information content (AvgIpc) is 2.57. The Bertz CT molecular complexity index is 522. The summed E-state index contributed by atoms with van der Waals surface area (Å²) in [7, 11) is 0. The summed E-state index contributed by atoms with van der Waals surface area (Å²) in [6, 6.07) is 4.34. The van der Waals surface area contributed by atoms with Crippen LogP contribution in [0.2, 0.25) is 0 Å². The van der Waals surface area contributed by atoms with E-state index in [1.54, 1.807) is 24.6 Å². The van der Waals surface area contributed by atoms with Gasteiger partial charge in [-0.25, -0.2) is 14.1 Å². The fourth-order valence-corrected chi connectivity index (χ4v) is 1.61. The predicted molar refractivity (Wildman–Crippen MR) is 56.7 cm³/mol. The van der Waals surface area contributed by atoms with Gasteiger partial charge in [0, 0.05) is 0 Å². The van der Waals surface area contributed by atoms with Gasteiger partial charge in [0.1, 0.15) is 17.5 Å². The summed E-state index contributed by atoms with van der Waals surface area (Å²) in [5.41, 5.74) is 1.09. The van der Waals surface area contributed by atoms with Crippen molar-refractivity contribution in [3.05, 3.63) is 41.2 Å². The van der Waals surface area contributed by atoms with E-state index in [9.17, 15) is 4.39 Å². The van der Waals surface area contributed by atoms with Crippen molar-refractivity contribution in [1.29, 1.82) is 0 Å². The van der Waals surface area contributed by atoms with E-state index in [0.717, 1.165) is 0 Å². The molecule has 0 saturated carbocycles. The highest BCUT2D eigenvalue weighted by Gasteiger charge is 2.07. The molecule has 2 rings (SSSR count). The van der Waals surface area contributed by atoms with Crippen LogP contribution in [0.4, 0.5) is 4.39 Å². The van der Waals surface area contributed by atoms with Crippen molar-refractivity contribution in [2.75, 3.05) is 0 Å². The number of aryl methyl sites for hydroxylation is 2. The average molecular weight is 221 g/mol. The van der Waals surface area contributed by atoms with Gasteiger partial charge in [0.05, 0.1) is 12.3 Å². The smallest absolute Gasteiger partial charge is 0.148 e. The summed E-state index contributed by atoms with van der Waals surface area (Å²) in [6.07, 6.45) is 0. The van der Waals surface area contributed by atoms with Crippen molar-refractivity contribution in [3.8, 4) is 5.69 Å². The Labute approximate surface area is 92.4 Å². The molecule has 1 heterocycles. The molecule has 0 aliphatic heterocycles. The molecular weight excluding hydrogens is 209 g/mol. The number of aliphatic hydroxyl groups excluding tert-OH is 1. The summed E-state index contributed by atoms with van der Waals surface area (Å²) in [4.78, 5) is 4.14. The molecule has 0 aliphatic rings. The number of hydrogen-bond acceptors (Lipinski definition) is 3. The Morgan fingerprint density at radius 1 is 1.31 bits per heavy atom. The molecule has 1 aromatic heterocycles. The summed E-state index contributed by atoms with van der Waals surface area (Å²) in [6.45, 7) is 3.37. The van der Waals surface area contributed by atoms with Gasteiger partial charge in [-0.1, -0.05) is 0 Å². The first-order valence-corrected chi connectivity index (χ1v) is 4.91. The number of hydrogen-bond donors (Lipinski definition) is 1. The first-order chi connectivity index (χ1) is 7.60. The Morgan fingerprint density at radius 3 is 2.62 bits per heavy atom. The van der Waals surface area contributed by atoms with E-state index in [0.29, 0.717) is 22.9 Å². The molecule has 0 fully saturated rings. The minimum atomic E-state index is -0.394. The highest BCUT2D eigenvalue weighted by molar-refractivity contribution is 5.36. The zero-order chi connectivity index (χ0) is 11.7. The van der Waals surface area contributed by atoms with E-state index < -0.39 is 5.82 Å². The zero-order valence-electron chi connectivity index (χ0n) is 9.11. The maximum absolute atomic E-state index is 13.3. The van der Waals surface area contributed by atoms with Crippen LogP contribution in [0.5, 0.6) is 0 Å². The molecule has 2 aromatic rings. The van der Waals surface area contributed by atoms with Crippen LogP contribution in [-0.4, -0.2) is 19.9 Å². The first-order valence-electron chi connectivity index (χ1n) is 4.91. The van der Waals surface area contributed by atoms with Crippen LogP contribution in [-0.2, 0) is 6.61 Å². The molecule has 1 aromatic carbocycles. The van der Waals surface area contributed by atoms with E-state index in [4.69, 9.17) is 5.11 Å². The van der Waals surface area contributed by atoms with Gasteiger partial charge in [-0.05, 0) is 37.6 Å². The lowest BCUT2D eigenvalue weighted by Crippen LogP contribution is -2.01. The van der Waals surface area contributed by atoms with Gasteiger partial charge in [0.25, 0.3) is 0 Å². The second-order valence-corrected chi connectivity index (χ2v) is 3.59. The molecule has 1 N–H and O–H groups in total. The van der Waals surface area contributed by atoms with E-state index in [-0.39, 0.29) is 6.61 Å². The molecule has 4 nitrogen and oxygen atoms in total. The third kappa shape index (κ3) is 1.94. The zero-order valence-corrected chi connectivity index (χ0v) is 9.11. The normalized spacial score (nSPS) is 10.8. The number of aliphatic hydroxyl groups is 1. The summed E-state index contributed by atoms with van der Waals surface area (Å²) >= 11 is 0. The van der Waals surface area contributed by atoms with Crippen LogP contribution in [0, 0.1) is 19.7 Å². The van der Waals surface area contributed by atoms with Gasteiger partial charge in [0.15, 0.2) is 0 Å². The quantitative estimate of drug-likeness (QED) is 0.836. The van der Waals surface area contributed by atoms with Gasteiger partial charge in [-0.15, -0.1) is 0 Å². The van der Waals surface area contributed by atoms with Crippen LogP contribution >= 0.6 is 0 Å². The third-order valence-electron chi connectivity index (χ3n) is 2.24. The van der Waals surface area contributed by atoms with Crippen molar-refractivity contribution >= 4 is 0 Å². The largest absolute Gasteiger partial charge is 0.392 e. The van der Waals surface area contributed by atoms with E-state index in [2.05, 4.69) is 10.1 Å². The lowest BCUT2D eigenvalue weighted by atomic mass is 10.2. The van der Waals surface area contributed by atoms with E-state index in [1.807, 2.05) is 0 Å². The van der Waals surface area contributed by atoms with Gasteiger partial charge >= 0.3 is 0 Å². The molecule has 84 valence electrons. The molecule has 0 bridgehead atoms. The van der Waals surface area contributed by atoms with E-state index in [1.165, 1.54) is 12.1 Å². The molecule has 0 amide bonds. The number of aromatic nitrogens is 3. The van der Waals surface area contributed by atoms with Gasteiger partial charge in [-0.2, -0.15) is 5.10 Å². The van der Waals surface area contributed by atoms with Gasteiger partial charge in [0.2, 0.25) is 0 Å². The number of nitrogens with zero attached hydrogens (tertiary/aromatic N) is 3. The molecule has 16 heavy (non-hydrogen) atoms. The second-order valence-electron chi connectivity index (χ2n) is 3.59.